The molecule has 0 fully saturated rings. The molecule has 0 spiro atoms. The third-order valence-electron chi connectivity index (χ3n) is 14.6. The Morgan fingerprint density at radius 1 is 0.371 bits per heavy atom. The topological polar surface area (TPSA) is 442 Å². The average Bonchev–Trinajstić information content (AvgIpc) is 3.34. The Hall–Kier alpha value is -1.85. The summed E-state index contributed by atoms with van der Waals surface area (Å²) < 4.78 is 0. The molecule has 0 heterocycles. The van der Waals surface area contributed by atoms with E-state index in [2.05, 4.69) is 6.92 Å². The van der Waals surface area contributed by atoms with Gasteiger partial charge in [0, 0.05) is 0 Å². The molecule has 0 aliphatic heterocycles. The highest BCUT2D eigenvalue weighted by molar-refractivity contribution is 5.76. The van der Waals surface area contributed by atoms with Gasteiger partial charge in [-0.15, -0.1) is 0 Å². The van der Waals surface area contributed by atoms with E-state index in [1.54, 1.807) is 12.2 Å². The van der Waals surface area contributed by atoms with Crippen molar-refractivity contribution in [3.8, 4) is 0 Å². The van der Waals surface area contributed by atoms with Crippen LogP contribution in [0.2, 0.25) is 0 Å². The molecule has 416 valence electrons. The monoisotopic (exact) mass is 1020 g/mol. The number of aliphatic hydroxyl groups is 20. The normalized spacial score (nSPS) is 21.3. The predicted molar refractivity (Wildman–Crippen MR) is 253 cm³/mol. The van der Waals surface area contributed by atoms with Crippen LogP contribution in [0.15, 0.2) is 24.3 Å². The second-order valence-electron chi connectivity index (χ2n) is 19.5. The number of hydrogen-bond donors (Lipinski definition) is 21. The van der Waals surface area contributed by atoms with Gasteiger partial charge in [0.25, 0.3) is 0 Å². The van der Waals surface area contributed by atoms with Crippen LogP contribution in [0, 0.1) is 27.1 Å². The molecule has 0 saturated carbocycles. The van der Waals surface area contributed by atoms with E-state index in [0.717, 1.165) is 25.7 Å². The number of hydrogen-bond acceptors (Lipinski definition) is 21. The van der Waals surface area contributed by atoms with Crippen LogP contribution in [0.1, 0.15) is 116 Å². The number of rotatable bonds is 44. The Labute approximate surface area is 411 Å². The maximum Gasteiger partial charge on any atom is 0.310 e. The number of carbonyl (C=O) groups is 1. The van der Waals surface area contributed by atoms with Crippen LogP contribution in [0.4, 0.5) is 0 Å². The lowest BCUT2D eigenvalue weighted by Crippen LogP contribution is -2.72. The summed E-state index contributed by atoms with van der Waals surface area (Å²) in [5.41, 5.74) is -14.0. The average molecular weight is 1020 g/mol. The molecule has 21 N–H and O–H groups in total. The molecular formula is C48H92O22. The van der Waals surface area contributed by atoms with Crippen molar-refractivity contribution in [2.45, 2.75) is 177 Å². The zero-order chi connectivity index (χ0) is 53.8. The van der Waals surface area contributed by atoms with Crippen molar-refractivity contribution >= 4 is 5.97 Å². The Morgan fingerprint density at radius 3 is 0.971 bits per heavy atom. The zero-order valence-electron chi connectivity index (χ0n) is 41.0. The van der Waals surface area contributed by atoms with Gasteiger partial charge in [-0.2, -0.15) is 0 Å². The van der Waals surface area contributed by atoms with Gasteiger partial charge in [0.1, 0.15) is 0 Å². The molecular weight excluding hydrogens is 929 g/mol. The minimum absolute atomic E-state index is 0.116. The first-order valence-corrected chi connectivity index (χ1v) is 24.5. The first-order valence-electron chi connectivity index (χ1n) is 24.5. The van der Waals surface area contributed by atoms with E-state index < -0.39 is 231 Å². The van der Waals surface area contributed by atoms with Crippen LogP contribution in [0.25, 0.3) is 0 Å². The quantitative estimate of drug-likeness (QED) is 0.0206. The highest BCUT2D eigenvalue weighted by Gasteiger charge is 2.76. The van der Waals surface area contributed by atoms with E-state index in [-0.39, 0.29) is 6.42 Å². The molecule has 0 aromatic heterocycles. The second kappa shape index (κ2) is 34.6. The van der Waals surface area contributed by atoms with Crippen LogP contribution >= 0.6 is 0 Å². The highest BCUT2D eigenvalue weighted by atomic mass is 16.4. The summed E-state index contributed by atoms with van der Waals surface area (Å²) in [5, 5.41) is 237. The van der Waals surface area contributed by atoms with E-state index in [1.807, 2.05) is 12.2 Å². The Morgan fingerprint density at radius 2 is 0.657 bits per heavy atom. The Balaban J connectivity index is 10.6. The summed E-state index contributed by atoms with van der Waals surface area (Å²) in [6, 6.07) is 0. The van der Waals surface area contributed by atoms with E-state index in [1.165, 1.54) is 0 Å². The van der Waals surface area contributed by atoms with Gasteiger partial charge in [-0.1, -0.05) is 44.1 Å². The number of unbranched alkanes of at least 4 members (excludes halogenated alkanes) is 3. The summed E-state index contributed by atoms with van der Waals surface area (Å²) in [5.74, 6) is -2.06. The molecule has 0 saturated heterocycles. The van der Waals surface area contributed by atoms with Gasteiger partial charge >= 0.3 is 5.97 Å². The van der Waals surface area contributed by atoms with Crippen molar-refractivity contribution in [2.75, 3.05) is 66.1 Å². The molecule has 0 aromatic rings. The standard InChI is InChI=1S/C48H92O22/c1-2-3-4-5-6-7-8-9-10-11-12-44(13-33(59)23-49,14-34(60)24-50)46(17-37(63)27-53,18-38(64)28-54)48(21-41(67)31-57,22-42(68)32-58)47(19-39(65)29-55,20-40(66)30-56)45(43(69)70,15-35(61)25-51)16-36(62)26-52/h6-7,9-10,33-42,49-68H,2-5,8,11-32H2,1H3,(H,69,70)/b7-6-,10-9-. The molecule has 22 nitrogen and oxygen atoms in total. The van der Waals surface area contributed by atoms with Gasteiger partial charge in [-0.25, -0.2) is 0 Å². The van der Waals surface area contributed by atoms with Crippen molar-refractivity contribution < 1.29 is 112 Å². The number of aliphatic carboxylic acids is 1. The number of carboxylic acid groups (broad SMARTS) is 1. The largest absolute Gasteiger partial charge is 0.481 e. The molecule has 0 rings (SSSR count). The first-order chi connectivity index (χ1) is 33.0. The summed E-state index contributed by atoms with van der Waals surface area (Å²) >= 11 is 0. The van der Waals surface area contributed by atoms with Gasteiger partial charge in [0.15, 0.2) is 0 Å². The summed E-state index contributed by atoms with van der Waals surface area (Å²) in [6.07, 6.45) is -21.1. The molecule has 0 bridgehead atoms. The van der Waals surface area contributed by atoms with Crippen LogP contribution in [0.3, 0.4) is 0 Å². The fourth-order valence-corrected chi connectivity index (χ4v) is 12.0. The molecule has 0 radical (unpaired) electrons. The van der Waals surface area contributed by atoms with E-state index in [4.69, 9.17) is 0 Å². The van der Waals surface area contributed by atoms with E-state index in [9.17, 15) is 112 Å². The van der Waals surface area contributed by atoms with Gasteiger partial charge in [-0.3, -0.25) is 4.79 Å². The lowest BCUT2D eigenvalue weighted by Gasteiger charge is -2.73. The number of aliphatic hydroxyl groups excluding tert-OH is 20. The highest BCUT2D eigenvalue weighted by Crippen LogP contribution is 2.77. The van der Waals surface area contributed by atoms with Crippen molar-refractivity contribution in [1.29, 1.82) is 0 Å². The number of carboxylic acids is 1. The lowest BCUT2D eigenvalue weighted by atomic mass is 9.31. The maximum atomic E-state index is 14.8. The summed E-state index contributed by atoms with van der Waals surface area (Å²) in [6.45, 7) is -9.94. The van der Waals surface area contributed by atoms with Crippen LogP contribution in [-0.4, -0.2) is 240 Å². The smallest absolute Gasteiger partial charge is 0.310 e. The summed E-state index contributed by atoms with van der Waals surface area (Å²) in [7, 11) is 0. The molecule has 10 atom stereocenters. The van der Waals surface area contributed by atoms with Gasteiger partial charge < -0.3 is 107 Å². The molecule has 0 aliphatic carbocycles. The van der Waals surface area contributed by atoms with Crippen molar-refractivity contribution in [3.05, 3.63) is 24.3 Å². The lowest BCUT2D eigenvalue weighted by molar-refractivity contribution is -0.289. The molecule has 0 aromatic carbocycles. The Bertz CT molecular complexity index is 1360. The molecule has 0 amide bonds. The van der Waals surface area contributed by atoms with E-state index in [0.29, 0.717) is 6.42 Å². The molecule has 0 aliphatic rings. The van der Waals surface area contributed by atoms with Crippen molar-refractivity contribution in [2.24, 2.45) is 27.1 Å². The van der Waals surface area contributed by atoms with Crippen LogP contribution in [-0.2, 0) is 4.79 Å². The Kier molecular flexibility index (Phi) is 33.7. The molecule has 10 unspecified atom stereocenters. The fourth-order valence-electron chi connectivity index (χ4n) is 12.0. The minimum atomic E-state index is -3.13. The van der Waals surface area contributed by atoms with E-state index >= 15 is 0 Å². The zero-order valence-corrected chi connectivity index (χ0v) is 41.0. The van der Waals surface area contributed by atoms with Gasteiger partial charge in [0.2, 0.25) is 0 Å². The first kappa shape index (κ1) is 68.2. The molecule has 22 heteroatoms. The van der Waals surface area contributed by atoms with Crippen LogP contribution < -0.4 is 0 Å². The maximum absolute atomic E-state index is 14.8. The van der Waals surface area contributed by atoms with Gasteiger partial charge in [-0.05, 0) is 118 Å². The fraction of sp³-hybridized carbons (Fsp3) is 0.896. The molecule has 70 heavy (non-hydrogen) atoms. The van der Waals surface area contributed by atoms with Crippen molar-refractivity contribution in [3.63, 3.8) is 0 Å². The SMILES string of the molecule is CCCCC/C=C\C/C=C\CCC(CC(O)CO)(CC(O)CO)C(CC(O)CO)(CC(O)CO)C(CC(O)CO)(CC(O)CO)C(CC(O)CO)(CC(O)CO)C(CC(O)CO)(CC(O)CO)C(=O)O. The third kappa shape index (κ3) is 18.5. The second-order valence-corrected chi connectivity index (χ2v) is 19.5. The van der Waals surface area contributed by atoms with Gasteiger partial charge in [0.05, 0.1) is 133 Å². The minimum Gasteiger partial charge on any atom is -0.481 e. The predicted octanol–water partition coefficient (Wildman–Crippen LogP) is -3.70. The number of allylic oxidation sites excluding steroid dienone is 4. The van der Waals surface area contributed by atoms with Crippen molar-refractivity contribution in [1.82, 2.24) is 0 Å². The third-order valence-corrected chi connectivity index (χ3v) is 14.6. The van der Waals surface area contributed by atoms with Crippen LogP contribution in [0.5, 0.6) is 0 Å². The summed E-state index contributed by atoms with van der Waals surface area (Å²) in [4.78, 5) is 14.8.